The number of hydrogen-bond acceptors (Lipinski definition) is 4. The van der Waals surface area contributed by atoms with Gasteiger partial charge in [-0.25, -0.2) is 9.78 Å². The molecule has 0 aliphatic carbocycles. The molecule has 1 atom stereocenters. The average molecular weight is 390 g/mol. The van der Waals surface area contributed by atoms with E-state index < -0.39 is 0 Å². The number of nitrogens with zero attached hydrogens (tertiary/aromatic N) is 2. The van der Waals surface area contributed by atoms with Gasteiger partial charge in [-0.1, -0.05) is 50.6 Å². The fraction of sp³-hybridized carbons (Fsp3) is 0.500. The van der Waals surface area contributed by atoms with Crippen LogP contribution in [0.15, 0.2) is 29.6 Å². The number of aryl methyl sites for hydroxylation is 1. The zero-order valence-corrected chi connectivity index (χ0v) is 17.5. The highest BCUT2D eigenvalue weighted by Gasteiger charge is 2.28. The Morgan fingerprint density at radius 2 is 2.04 bits per heavy atom. The number of benzene rings is 1. The molecule has 4 nitrogen and oxygen atoms in total. The first-order valence-electron chi connectivity index (χ1n) is 8.98. The summed E-state index contributed by atoms with van der Waals surface area (Å²) in [6, 6.07) is 8.66. The Labute approximate surface area is 164 Å². The summed E-state index contributed by atoms with van der Waals surface area (Å²) in [7, 11) is 0. The molecule has 0 bridgehead atoms. The van der Waals surface area contributed by atoms with E-state index in [4.69, 9.17) is 0 Å². The summed E-state index contributed by atoms with van der Waals surface area (Å²) < 4.78 is 0. The van der Waals surface area contributed by atoms with Gasteiger partial charge in [-0.15, -0.1) is 11.3 Å². The van der Waals surface area contributed by atoms with Gasteiger partial charge in [0.2, 0.25) is 0 Å². The third kappa shape index (κ3) is 4.60. The molecule has 0 spiro atoms. The Kier molecular flexibility index (Phi) is 5.92. The number of aromatic nitrogens is 1. The molecule has 1 fully saturated rings. The molecule has 0 radical (unpaired) electrons. The molecule has 1 aliphatic heterocycles. The van der Waals surface area contributed by atoms with Crippen molar-refractivity contribution in [2.45, 2.75) is 45.7 Å². The van der Waals surface area contributed by atoms with Crippen LogP contribution in [-0.4, -0.2) is 34.0 Å². The highest BCUT2D eigenvalue weighted by molar-refractivity contribution is 7.99. The second-order valence-electron chi connectivity index (χ2n) is 7.75. The van der Waals surface area contributed by atoms with Crippen molar-refractivity contribution in [1.29, 1.82) is 0 Å². The fourth-order valence-electron chi connectivity index (χ4n) is 2.91. The van der Waals surface area contributed by atoms with Crippen LogP contribution in [0.5, 0.6) is 0 Å². The SMILES string of the molecule is Cc1ccc(C2CSCCN2C(=O)NCc2csc(C(C)(C)C)n2)cc1. The molecule has 140 valence electrons. The standard InChI is InChI=1S/C20H27N3OS2/c1-14-5-7-15(8-6-14)17-13-25-10-9-23(17)19(24)21-11-16-12-26-18(22-16)20(2,3)4/h5-8,12,17H,9-11,13H2,1-4H3,(H,21,24). The van der Waals surface area contributed by atoms with Gasteiger partial charge in [0.25, 0.3) is 0 Å². The van der Waals surface area contributed by atoms with E-state index in [0.717, 1.165) is 28.8 Å². The van der Waals surface area contributed by atoms with Gasteiger partial charge >= 0.3 is 6.03 Å². The third-order valence-corrected chi connectivity index (χ3v) is 6.81. The van der Waals surface area contributed by atoms with Gasteiger partial charge in [-0.2, -0.15) is 11.8 Å². The summed E-state index contributed by atoms with van der Waals surface area (Å²) in [6.45, 7) is 9.82. The molecule has 0 saturated carbocycles. The lowest BCUT2D eigenvalue weighted by Gasteiger charge is -2.35. The Morgan fingerprint density at radius 1 is 1.31 bits per heavy atom. The maximum absolute atomic E-state index is 12.8. The molecule has 6 heteroatoms. The second kappa shape index (κ2) is 8.01. The Bertz CT molecular complexity index is 749. The van der Waals surface area contributed by atoms with E-state index in [-0.39, 0.29) is 17.5 Å². The zero-order valence-electron chi connectivity index (χ0n) is 15.9. The van der Waals surface area contributed by atoms with E-state index in [1.807, 2.05) is 22.0 Å². The molecule has 3 rings (SSSR count). The number of urea groups is 1. The van der Waals surface area contributed by atoms with Crippen molar-refractivity contribution in [1.82, 2.24) is 15.2 Å². The summed E-state index contributed by atoms with van der Waals surface area (Å²) in [5.74, 6) is 1.93. The van der Waals surface area contributed by atoms with E-state index in [9.17, 15) is 4.79 Å². The van der Waals surface area contributed by atoms with Crippen molar-refractivity contribution in [3.63, 3.8) is 0 Å². The summed E-state index contributed by atoms with van der Waals surface area (Å²) in [5.41, 5.74) is 3.44. The number of rotatable bonds is 3. The molecule has 1 aromatic heterocycles. The lowest BCUT2D eigenvalue weighted by atomic mass is 9.98. The number of hydrogen-bond donors (Lipinski definition) is 1. The summed E-state index contributed by atoms with van der Waals surface area (Å²) in [4.78, 5) is 19.4. The summed E-state index contributed by atoms with van der Waals surface area (Å²) >= 11 is 3.57. The molecule has 1 aromatic carbocycles. The first kappa shape index (κ1) is 19.2. The van der Waals surface area contributed by atoms with Gasteiger partial charge in [0.15, 0.2) is 0 Å². The maximum atomic E-state index is 12.8. The van der Waals surface area contributed by atoms with E-state index >= 15 is 0 Å². The topological polar surface area (TPSA) is 45.2 Å². The lowest BCUT2D eigenvalue weighted by molar-refractivity contribution is 0.182. The van der Waals surface area contributed by atoms with Gasteiger partial charge in [-0.05, 0) is 12.5 Å². The number of carbonyl (C=O) groups is 1. The molecule has 2 amide bonds. The van der Waals surface area contributed by atoms with Crippen LogP contribution in [-0.2, 0) is 12.0 Å². The number of nitrogens with one attached hydrogen (secondary N) is 1. The monoisotopic (exact) mass is 389 g/mol. The number of carbonyl (C=O) groups excluding carboxylic acids is 1. The quantitative estimate of drug-likeness (QED) is 0.824. The van der Waals surface area contributed by atoms with Crippen LogP contribution in [0.1, 0.15) is 48.6 Å². The first-order valence-corrected chi connectivity index (χ1v) is 11.0. The van der Waals surface area contributed by atoms with Crippen molar-refractivity contribution in [3.05, 3.63) is 51.5 Å². The molecule has 1 N–H and O–H groups in total. The van der Waals surface area contributed by atoms with E-state index in [1.54, 1.807) is 11.3 Å². The van der Waals surface area contributed by atoms with Gasteiger partial charge in [0, 0.05) is 28.8 Å². The minimum absolute atomic E-state index is 0.00110. The smallest absolute Gasteiger partial charge is 0.318 e. The van der Waals surface area contributed by atoms with Gasteiger partial charge in [0.05, 0.1) is 23.3 Å². The maximum Gasteiger partial charge on any atom is 0.318 e. The van der Waals surface area contributed by atoms with Crippen LogP contribution in [0, 0.1) is 6.92 Å². The number of thioether (sulfide) groups is 1. The Morgan fingerprint density at radius 3 is 2.69 bits per heavy atom. The minimum Gasteiger partial charge on any atom is -0.332 e. The van der Waals surface area contributed by atoms with Gasteiger partial charge < -0.3 is 10.2 Å². The molecule has 2 heterocycles. The lowest BCUT2D eigenvalue weighted by Crippen LogP contribution is -2.46. The van der Waals surface area contributed by atoms with Crippen molar-refractivity contribution in [2.75, 3.05) is 18.1 Å². The first-order chi connectivity index (χ1) is 12.3. The number of amides is 2. The molecular formula is C20H27N3OS2. The van der Waals surface area contributed by atoms with Crippen LogP contribution >= 0.6 is 23.1 Å². The van der Waals surface area contributed by atoms with Gasteiger partial charge in [-0.3, -0.25) is 0 Å². The van der Waals surface area contributed by atoms with E-state index in [0.29, 0.717) is 6.54 Å². The molecule has 1 aliphatic rings. The van der Waals surface area contributed by atoms with E-state index in [1.165, 1.54) is 11.1 Å². The molecule has 1 unspecified atom stereocenters. The highest BCUT2D eigenvalue weighted by Crippen LogP contribution is 2.30. The molecular weight excluding hydrogens is 362 g/mol. The van der Waals surface area contributed by atoms with Crippen LogP contribution in [0.3, 0.4) is 0 Å². The van der Waals surface area contributed by atoms with Crippen LogP contribution < -0.4 is 5.32 Å². The second-order valence-corrected chi connectivity index (χ2v) is 9.76. The Hall–Kier alpha value is -1.53. The largest absolute Gasteiger partial charge is 0.332 e. The summed E-state index contributed by atoms with van der Waals surface area (Å²) in [5, 5.41) is 6.22. The van der Waals surface area contributed by atoms with Crippen molar-refractivity contribution < 1.29 is 4.79 Å². The normalized spacial score (nSPS) is 18.0. The van der Waals surface area contributed by atoms with Crippen LogP contribution in [0.2, 0.25) is 0 Å². The highest BCUT2D eigenvalue weighted by atomic mass is 32.2. The van der Waals surface area contributed by atoms with E-state index in [2.05, 4.69) is 62.3 Å². The van der Waals surface area contributed by atoms with Crippen molar-refractivity contribution >= 4 is 29.1 Å². The van der Waals surface area contributed by atoms with Crippen molar-refractivity contribution in [3.8, 4) is 0 Å². The molecule has 26 heavy (non-hydrogen) atoms. The molecule has 1 saturated heterocycles. The zero-order chi connectivity index (χ0) is 18.7. The Balaban J connectivity index is 1.65. The van der Waals surface area contributed by atoms with Crippen LogP contribution in [0.4, 0.5) is 4.79 Å². The third-order valence-electron chi connectivity index (χ3n) is 4.47. The van der Waals surface area contributed by atoms with Crippen molar-refractivity contribution in [2.24, 2.45) is 0 Å². The fourth-order valence-corrected chi connectivity index (χ4v) is 4.91. The van der Waals surface area contributed by atoms with Gasteiger partial charge in [0.1, 0.15) is 0 Å². The average Bonchev–Trinajstić information content (AvgIpc) is 3.10. The predicted molar refractivity (Wildman–Crippen MR) is 111 cm³/mol. The summed E-state index contributed by atoms with van der Waals surface area (Å²) in [6.07, 6.45) is 0. The van der Waals surface area contributed by atoms with Crippen LogP contribution in [0.25, 0.3) is 0 Å². The molecule has 2 aromatic rings. The minimum atomic E-state index is 0.00110. The predicted octanol–water partition coefficient (Wildman–Crippen LogP) is 4.75. The number of thiazole rings is 1.